The largest absolute Gasteiger partial charge is 0.500 e. The maximum atomic E-state index is 12.3. The van der Waals surface area contributed by atoms with E-state index < -0.39 is 8.80 Å². The Labute approximate surface area is 155 Å². The van der Waals surface area contributed by atoms with Gasteiger partial charge in [-0.25, -0.2) is 9.78 Å². The number of rotatable bonds is 12. The molecule has 0 fully saturated rings. The molecule has 0 aromatic carbocycles. The molecule has 0 unspecified atom stereocenters. The van der Waals surface area contributed by atoms with Crippen molar-refractivity contribution in [2.24, 2.45) is 0 Å². The number of hydrogen-bond donors (Lipinski definition) is 1. The van der Waals surface area contributed by atoms with E-state index >= 15 is 0 Å². The lowest BCUT2D eigenvalue weighted by atomic mass is 10.5. The lowest BCUT2D eigenvalue weighted by molar-refractivity contribution is 0.0708. The number of nitrogens with one attached hydrogen (secondary N) is 1. The summed E-state index contributed by atoms with van der Waals surface area (Å²) in [5, 5.41) is 7.69. The van der Waals surface area contributed by atoms with Crippen molar-refractivity contribution in [1.82, 2.24) is 20.1 Å². The molecule has 0 atom stereocenters. The van der Waals surface area contributed by atoms with Gasteiger partial charge in [0.25, 0.3) is 0 Å². The average molecular weight is 391 g/mol. The second-order valence-electron chi connectivity index (χ2n) is 5.10. The molecule has 0 bridgehead atoms. The lowest BCUT2D eigenvalue weighted by Gasteiger charge is -2.28. The van der Waals surface area contributed by atoms with E-state index in [1.807, 2.05) is 34.0 Å². The normalized spacial score (nSPS) is 11.7. The van der Waals surface area contributed by atoms with E-state index in [-0.39, 0.29) is 6.03 Å². The van der Waals surface area contributed by atoms with Crippen LogP contribution in [-0.4, -0.2) is 62.2 Å². The van der Waals surface area contributed by atoms with Crippen molar-refractivity contribution < 1.29 is 18.1 Å². The van der Waals surface area contributed by atoms with Crippen molar-refractivity contribution in [3.05, 3.63) is 5.82 Å². The molecule has 1 aromatic heterocycles. The second kappa shape index (κ2) is 11.6. The molecule has 0 aliphatic carbocycles. The van der Waals surface area contributed by atoms with Gasteiger partial charge in [-0.05, 0) is 33.4 Å². The number of carbonyl (C=O) groups is 1. The average Bonchev–Trinajstić information content (AvgIpc) is 3.03. The highest BCUT2D eigenvalue weighted by molar-refractivity contribution is 7.98. The fraction of sp³-hybridized carbons (Fsp3) is 0.800. The zero-order valence-corrected chi connectivity index (χ0v) is 17.6. The summed E-state index contributed by atoms with van der Waals surface area (Å²) >= 11 is 1.40. The molecule has 1 aromatic rings. The van der Waals surface area contributed by atoms with Crippen molar-refractivity contribution in [3.8, 4) is 0 Å². The maximum absolute atomic E-state index is 12.3. The van der Waals surface area contributed by atoms with Crippen LogP contribution in [0.2, 0.25) is 6.04 Å². The molecule has 1 rings (SSSR count). The molecule has 10 heteroatoms. The Balaban J connectivity index is 2.57. The Bertz CT molecular complexity index is 513. The Morgan fingerprint density at radius 1 is 1.16 bits per heavy atom. The highest BCUT2D eigenvalue weighted by atomic mass is 32.2. The van der Waals surface area contributed by atoms with E-state index in [4.69, 9.17) is 13.3 Å². The summed E-state index contributed by atoms with van der Waals surface area (Å²) in [5.41, 5.74) is 0. The first kappa shape index (κ1) is 22.1. The first-order chi connectivity index (χ1) is 12.1. The van der Waals surface area contributed by atoms with Gasteiger partial charge in [-0.2, -0.15) is 4.68 Å². The van der Waals surface area contributed by atoms with Crippen LogP contribution in [0.3, 0.4) is 0 Å². The van der Waals surface area contributed by atoms with Crippen LogP contribution >= 0.6 is 11.8 Å². The number of carbonyl (C=O) groups excluding carboxylic acids is 1. The molecule has 0 aliphatic heterocycles. The summed E-state index contributed by atoms with van der Waals surface area (Å²) in [6.45, 7) is 9.90. The third-order valence-electron chi connectivity index (χ3n) is 3.34. The summed E-state index contributed by atoms with van der Waals surface area (Å²) < 4.78 is 18.7. The summed E-state index contributed by atoms with van der Waals surface area (Å²) in [6, 6.07) is 0.392. The molecule has 0 aliphatic rings. The lowest BCUT2D eigenvalue weighted by Crippen LogP contribution is -2.46. The van der Waals surface area contributed by atoms with Crippen LogP contribution in [0.15, 0.2) is 5.16 Å². The summed E-state index contributed by atoms with van der Waals surface area (Å²) in [5.74, 6) is 0.662. The summed E-state index contributed by atoms with van der Waals surface area (Å²) in [4.78, 5) is 16.6. The molecule has 144 valence electrons. The summed E-state index contributed by atoms with van der Waals surface area (Å²) in [6.07, 6.45) is 3.28. The standard InChI is InChI=1S/C15H30N4O4SSi/c1-6-13-17-15(24-5)19(18-13)14(20)16-11-10-12-25(21-7-2,22-8-3)23-9-4/h6-12H2,1-5H3,(H,16,20). The fourth-order valence-corrected chi connectivity index (χ4v) is 5.43. The summed E-state index contributed by atoms with van der Waals surface area (Å²) in [7, 11) is -2.66. The predicted molar refractivity (Wildman–Crippen MR) is 100 cm³/mol. The van der Waals surface area contributed by atoms with Crippen LogP contribution in [0.4, 0.5) is 4.79 Å². The molecule has 0 saturated carbocycles. The topological polar surface area (TPSA) is 87.5 Å². The zero-order valence-electron chi connectivity index (χ0n) is 15.8. The molecule has 0 saturated heterocycles. The molecule has 0 spiro atoms. The van der Waals surface area contributed by atoms with Crippen molar-refractivity contribution in [2.75, 3.05) is 32.6 Å². The molecule has 1 amide bonds. The Morgan fingerprint density at radius 3 is 2.24 bits per heavy atom. The fourth-order valence-electron chi connectivity index (χ4n) is 2.33. The van der Waals surface area contributed by atoms with Crippen LogP contribution in [-0.2, 0) is 19.7 Å². The minimum atomic E-state index is -2.66. The Kier molecular flexibility index (Phi) is 10.3. The number of hydrogen-bond acceptors (Lipinski definition) is 7. The highest BCUT2D eigenvalue weighted by Gasteiger charge is 2.39. The molecule has 8 nitrogen and oxygen atoms in total. The third kappa shape index (κ3) is 6.70. The van der Waals surface area contributed by atoms with Crippen LogP contribution in [0, 0.1) is 0 Å². The monoisotopic (exact) mass is 390 g/mol. The van der Waals surface area contributed by atoms with E-state index in [0.717, 1.165) is 0 Å². The van der Waals surface area contributed by atoms with Gasteiger partial charge in [0.15, 0.2) is 11.0 Å². The van der Waals surface area contributed by atoms with Gasteiger partial charge in [-0.15, -0.1) is 5.10 Å². The first-order valence-corrected chi connectivity index (χ1v) is 11.9. The molecular formula is C15H30N4O4SSi. The molecule has 1 N–H and O–H groups in total. The molecular weight excluding hydrogens is 360 g/mol. The van der Waals surface area contributed by atoms with Crippen molar-refractivity contribution >= 4 is 26.6 Å². The van der Waals surface area contributed by atoms with Gasteiger partial charge in [-0.3, -0.25) is 0 Å². The zero-order chi connectivity index (χ0) is 18.7. The maximum Gasteiger partial charge on any atom is 0.500 e. The predicted octanol–water partition coefficient (Wildman–Crippen LogP) is 2.56. The van der Waals surface area contributed by atoms with Crippen LogP contribution in [0.1, 0.15) is 39.9 Å². The molecule has 0 radical (unpaired) electrons. The van der Waals surface area contributed by atoms with Gasteiger partial charge in [0.2, 0.25) is 0 Å². The second-order valence-corrected chi connectivity index (χ2v) is 8.60. The number of nitrogens with zero attached hydrogens (tertiary/aromatic N) is 3. The van der Waals surface area contributed by atoms with E-state index in [9.17, 15) is 4.79 Å². The van der Waals surface area contributed by atoms with Crippen molar-refractivity contribution in [3.63, 3.8) is 0 Å². The first-order valence-electron chi connectivity index (χ1n) is 8.75. The van der Waals surface area contributed by atoms with Gasteiger partial charge in [0, 0.05) is 38.8 Å². The van der Waals surface area contributed by atoms with E-state index in [0.29, 0.717) is 56.2 Å². The smallest absolute Gasteiger partial charge is 0.374 e. The van der Waals surface area contributed by atoms with Crippen LogP contribution < -0.4 is 5.32 Å². The Hall–Kier alpha value is -0.943. The molecule has 25 heavy (non-hydrogen) atoms. The number of aryl methyl sites for hydroxylation is 1. The van der Waals surface area contributed by atoms with E-state index in [2.05, 4.69) is 15.4 Å². The van der Waals surface area contributed by atoms with Gasteiger partial charge < -0.3 is 18.6 Å². The van der Waals surface area contributed by atoms with Gasteiger partial charge in [0.1, 0.15) is 0 Å². The highest BCUT2D eigenvalue weighted by Crippen LogP contribution is 2.18. The Morgan fingerprint density at radius 2 is 1.76 bits per heavy atom. The minimum Gasteiger partial charge on any atom is -0.374 e. The van der Waals surface area contributed by atoms with Crippen molar-refractivity contribution in [1.29, 1.82) is 0 Å². The van der Waals surface area contributed by atoms with Crippen LogP contribution in [0.5, 0.6) is 0 Å². The van der Waals surface area contributed by atoms with Gasteiger partial charge >= 0.3 is 14.8 Å². The van der Waals surface area contributed by atoms with Crippen LogP contribution in [0.25, 0.3) is 0 Å². The number of aromatic nitrogens is 3. The SMILES string of the molecule is CCO[Si](CCCNC(=O)n1nc(CC)nc1SC)(OCC)OCC. The quantitative estimate of drug-likeness (QED) is 0.333. The van der Waals surface area contributed by atoms with Gasteiger partial charge in [-0.1, -0.05) is 18.7 Å². The molecule has 1 heterocycles. The third-order valence-corrected chi connectivity index (χ3v) is 7.12. The van der Waals surface area contributed by atoms with E-state index in [1.54, 1.807) is 0 Å². The van der Waals surface area contributed by atoms with Crippen molar-refractivity contribution in [2.45, 2.75) is 51.7 Å². The van der Waals surface area contributed by atoms with Gasteiger partial charge in [0.05, 0.1) is 0 Å². The number of thioether (sulfide) groups is 1. The minimum absolute atomic E-state index is 0.270. The van der Waals surface area contributed by atoms with E-state index in [1.165, 1.54) is 16.4 Å². The number of amides is 1.